The van der Waals surface area contributed by atoms with Crippen molar-refractivity contribution in [2.24, 2.45) is 0 Å². The third-order valence-electron chi connectivity index (χ3n) is 5.16. The second kappa shape index (κ2) is 6.37. The molecule has 0 amide bonds. The van der Waals surface area contributed by atoms with E-state index in [2.05, 4.69) is 9.88 Å². The standard InChI is InChI=1S/C16H25N3O3S/c1-22-15-14(5-3-9-17-15)13-18-11-7-16(8-12-18)6-4-10-19(16)23(2,20)21/h3,5,9H,4,6-8,10-13H2,1-2H3. The monoisotopic (exact) mass is 339 g/mol. The number of rotatable bonds is 4. The Hall–Kier alpha value is -1.18. The van der Waals surface area contributed by atoms with Crippen molar-refractivity contribution in [2.75, 3.05) is 33.0 Å². The molecule has 0 bridgehead atoms. The highest BCUT2D eigenvalue weighted by atomic mass is 32.2. The molecule has 3 heterocycles. The highest BCUT2D eigenvalue weighted by Crippen LogP contribution is 2.40. The second-order valence-corrected chi connectivity index (χ2v) is 8.52. The molecule has 7 heteroatoms. The largest absolute Gasteiger partial charge is 0.481 e. The maximum absolute atomic E-state index is 12.1. The van der Waals surface area contributed by atoms with E-state index in [1.807, 2.05) is 12.1 Å². The molecule has 0 aromatic carbocycles. The zero-order valence-corrected chi connectivity index (χ0v) is 14.7. The number of nitrogens with zero attached hydrogens (tertiary/aromatic N) is 3. The van der Waals surface area contributed by atoms with Gasteiger partial charge in [-0.05, 0) is 31.7 Å². The molecule has 1 aromatic heterocycles. The van der Waals surface area contributed by atoms with Gasteiger partial charge in [-0.1, -0.05) is 6.07 Å². The molecule has 0 N–H and O–H groups in total. The molecule has 1 aromatic rings. The minimum Gasteiger partial charge on any atom is -0.481 e. The molecule has 2 saturated heterocycles. The lowest BCUT2D eigenvalue weighted by atomic mass is 9.86. The van der Waals surface area contributed by atoms with Crippen LogP contribution in [0, 0.1) is 0 Å². The van der Waals surface area contributed by atoms with E-state index in [0.29, 0.717) is 12.4 Å². The maximum Gasteiger partial charge on any atom is 0.217 e. The summed E-state index contributed by atoms with van der Waals surface area (Å²) in [6.07, 6.45) is 6.85. The number of methoxy groups -OCH3 is 1. The first-order valence-corrected chi connectivity index (χ1v) is 9.97. The number of piperidine rings is 1. The van der Waals surface area contributed by atoms with Gasteiger partial charge in [0, 0.05) is 43.5 Å². The van der Waals surface area contributed by atoms with Crippen LogP contribution in [0.25, 0.3) is 0 Å². The second-order valence-electron chi connectivity index (χ2n) is 6.61. The number of likely N-dealkylation sites (tertiary alicyclic amines) is 1. The highest BCUT2D eigenvalue weighted by molar-refractivity contribution is 7.88. The average molecular weight is 339 g/mol. The number of hydrogen-bond acceptors (Lipinski definition) is 5. The van der Waals surface area contributed by atoms with Crippen molar-refractivity contribution in [1.82, 2.24) is 14.2 Å². The van der Waals surface area contributed by atoms with E-state index < -0.39 is 10.0 Å². The lowest BCUT2D eigenvalue weighted by molar-refractivity contribution is 0.0978. The summed E-state index contributed by atoms with van der Waals surface area (Å²) >= 11 is 0. The molecule has 0 aliphatic carbocycles. The Kier molecular flexibility index (Phi) is 4.62. The number of ether oxygens (including phenoxy) is 1. The first-order chi connectivity index (χ1) is 10.9. The predicted molar refractivity (Wildman–Crippen MR) is 88.8 cm³/mol. The average Bonchev–Trinajstić information content (AvgIpc) is 2.94. The summed E-state index contributed by atoms with van der Waals surface area (Å²) in [4.78, 5) is 6.61. The molecule has 0 saturated carbocycles. The lowest BCUT2D eigenvalue weighted by Crippen LogP contribution is -2.53. The Morgan fingerprint density at radius 2 is 2.00 bits per heavy atom. The van der Waals surface area contributed by atoms with Crippen LogP contribution < -0.4 is 4.74 Å². The van der Waals surface area contributed by atoms with E-state index in [-0.39, 0.29) is 5.54 Å². The van der Waals surface area contributed by atoms with Gasteiger partial charge in [0.2, 0.25) is 15.9 Å². The van der Waals surface area contributed by atoms with E-state index in [1.165, 1.54) is 6.26 Å². The Labute approximate surface area is 138 Å². The van der Waals surface area contributed by atoms with Crippen LogP contribution in [-0.4, -0.2) is 61.1 Å². The van der Waals surface area contributed by atoms with Gasteiger partial charge in [0.25, 0.3) is 0 Å². The molecule has 23 heavy (non-hydrogen) atoms. The van der Waals surface area contributed by atoms with Crippen LogP contribution in [0.4, 0.5) is 0 Å². The Morgan fingerprint density at radius 1 is 1.26 bits per heavy atom. The predicted octanol–water partition coefficient (Wildman–Crippen LogP) is 1.48. The summed E-state index contributed by atoms with van der Waals surface area (Å²) in [5.41, 5.74) is 0.931. The molecule has 2 aliphatic heterocycles. The summed E-state index contributed by atoms with van der Waals surface area (Å²) in [5, 5.41) is 0. The summed E-state index contributed by atoms with van der Waals surface area (Å²) in [6.45, 7) is 3.29. The minimum absolute atomic E-state index is 0.150. The summed E-state index contributed by atoms with van der Waals surface area (Å²) in [5.74, 6) is 0.673. The van der Waals surface area contributed by atoms with Gasteiger partial charge in [-0.15, -0.1) is 0 Å². The molecule has 3 rings (SSSR count). The Morgan fingerprint density at radius 3 is 2.65 bits per heavy atom. The molecule has 0 unspecified atom stereocenters. The summed E-state index contributed by atoms with van der Waals surface area (Å²) < 4.78 is 31.2. The van der Waals surface area contributed by atoms with Crippen molar-refractivity contribution in [3.63, 3.8) is 0 Å². The van der Waals surface area contributed by atoms with E-state index in [4.69, 9.17) is 4.74 Å². The Balaban J connectivity index is 1.67. The molecule has 2 fully saturated rings. The molecule has 128 valence electrons. The third kappa shape index (κ3) is 3.36. The van der Waals surface area contributed by atoms with Gasteiger partial charge >= 0.3 is 0 Å². The van der Waals surface area contributed by atoms with Crippen LogP contribution in [-0.2, 0) is 16.6 Å². The fourth-order valence-electron chi connectivity index (χ4n) is 4.03. The number of sulfonamides is 1. The van der Waals surface area contributed by atoms with Crippen LogP contribution in [0.2, 0.25) is 0 Å². The van der Waals surface area contributed by atoms with Crippen molar-refractivity contribution in [1.29, 1.82) is 0 Å². The van der Waals surface area contributed by atoms with Gasteiger partial charge in [-0.3, -0.25) is 4.90 Å². The zero-order chi connectivity index (χ0) is 16.5. The zero-order valence-electron chi connectivity index (χ0n) is 13.9. The van der Waals surface area contributed by atoms with Gasteiger partial charge < -0.3 is 4.74 Å². The molecule has 0 atom stereocenters. The van der Waals surface area contributed by atoms with Crippen LogP contribution in [0.3, 0.4) is 0 Å². The van der Waals surface area contributed by atoms with Crippen LogP contribution >= 0.6 is 0 Å². The number of hydrogen-bond donors (Lipinski definition) is 0. The molecular weight excluding hydrogens is 314 g/mol. The maximum atomic E-state index is 12.1. The topological polar surface area (TPSA) is 62.7 Å². The summed E-state index contributed by atoms with van der Waals surface area (Å²) in [7, 11) is -1.47. The highest BCUT2D eigenvalue weighted by Gasteiger charge is 2.47. The normalized spacial score (nSPS) is 22.5. The molecule has 0 radical (unpaired) electrons. The van der Waals surface area contributed by atoms with Crippen LogP contribution in [0.1, 0.15) is 31.2 Å². The van der Waals surface area contributed by atoms with Crippen LogP contribution in [0.15, 0.2) is 18.3 Å². The fourth-order valence-corrected chi connectivity index (χ4v) is 5.47. The van der Waals surface area contributed by atoms with Crippen molar-refractivity contribution in [2.45, 2.75) is 37.8 Å². The van der Waals surface area contributed by atoms with E-state index in [1.54, 1.807) is 17.6 Å². The molecule has 2 aliphatic rings. The first-order valence-electron chi connectivity index (χ1n) is 8.13. The SMILES string of the molecule is COc1ncccc1CN1CCC2(CCCN2S(C)(=O)=O)CC1. The number of aromatic nitrogens is 1. The van der Waals surface area contributed by atoms with Crippen LogP contribution in [0.5, 0.6) is 5.88 Å². The number of pyridine rings is 1. The van der Waals surface area contributed by atoms with Crippen molar-refractivity contribution < 1.29 is 13.2 Å². The van der Waals surface area contributed by atoms with E-state index >= 15 is 0 Å². The first kappa shape index (κ1) is 16.7. The molecule has 1 spiro atoms. The summed E-state index contributed by atoms with van der Waals surface area (Å²) in [6, 6.07) is 3.96. The Bertz CT molecular complexity index is 654. The van der Waals surface area contributed by atoms with Gasteiger partial charge in [-0.2, -0.15) is 4.31 Å². The van der Waals surface area contributed by atoms with Crippen molar-refractivity contribution in [3.8, 4) is 5.88 Å². The van der Waals surface area contributed by atoms with Crippen molar-refractivity contribution in [3.05, 3.63) is 23.9 Å². The van der Waals surface area contributed by atoms with Gasteiger partial charge in [0.05, 0.1) is 13.4 Å². The van der Waals surface area contributed by atoms with Gasteiger partial charge in [-0.25, -0.2) is 13.4 Å². The smallest absolute Gasteiger partial charge is 0.217 e. The molecular formula is C16H25N3O3S. The van der Waals surface area contributed by atoms with Gasteiger partial charge in [0.15, 0.2) is 0 Å². The minimum atomic E-state index is -3.11. The van der Waals surface area contributed by atoms with Crippen molar-refractivity contribution >= 4 is 10.0 Å². The van der Waals surface area contributed by atoms with E-state index in [0.717, 1.165) is 50.9 Å². The van der Waals surface area contributed by atoms with Gasteiger partial charge in [0.1, 0.15) is 0 Å². The van der Waals surface area contributed by atoms with E-state index in [9.17, 15) is 8.42 Å². The quantitative estimate of drug-likeness (QED) is 0.831. The lowest BCUT2D eigenvalue weighted by Gasteiger charge is -2.43. The molecule has 6 nitrogen and oxygen atoms in total. The third-order valence-corrected chi connectivity index (χ3v) is 6.53. The fraction of sp³-hybridized carbons (Fsp3) is 0.688.